The van der Waals surface area contributed by atoms with Gasteiger partial charge in [0.05, 0.1) is 17.0 Å². The second-order valence-corrected chi connectivity index (χ2v) is 9.37. The Morgan fingerprint density at radius 1 is 1.41 bits per heavy atom. The summed E-state index contributed by atoms with van der Waals surface area (Å²) >= 11 is 1.47. The van der Waals surface area contributed by atoms with E-state index in [1.165, 1.54) is 11.3 Å². The predicted octanol–water partition coefficient (Wildman–Crippen LogP) is 3.97. The Labute approximate surface area is 191 Å². The summed E-state index contributed by atoms with van der Waals surface area (Å²) in [5.41, 5.74) is 10.1. The van der Waals surface area contributed by atoms with E-state index < -0.39 is 5.60 Å². The Kier molecular flexibility index (Phi) is 5.96. The summed E-state index contributed by atoms with van der Waals surface area (Å²) in [5, 5.41) is 23.0. The molecule has 0 radical (unpaired) electrons. The van der Waals surface area contributed by atoms with Crippen molar-refractivity contribution in [2.75, 3.05) is 30.8 Å². The summed E-state index contributed by atoms with van der Waals surface area (Å²) in [7, 11) is 1.73. The zero-order valence-corrected chi connectivity index (χ0v) is 19.2. The quantitative estimate of drug-likeness (QED) is 0.574. The van der Waals surface area contributed by atoms with Crippen molar-refractivity contribution in [1.29, 1.82) is 5.26 Å². The highest BCUT2D eigenvalue weighted by Crippen LogP contribution is 2.38. The van der Waals surface area contributed by atoms with Gasteiger partial charge < -0.3 is 15.7 Å². The fourth-order valence-corrected chi connectivity index (χ4v) is 4.79. The fourth-order valence-electron chi connectivity index (χ4n) is 4.19. The molecule has 7 nitrogen and oxygen atoms in total. The van der Waals surface area contributed by atoms with Crippen molar-refractivity contribution in [1.82, 2.24) is 9.97 Å². The van der Waals surface area contributed by atoms with E-state index in [-0.39, 0.29) is 5.92 Å². The van der Waals surface area contributed by atoms with Crippen LogP contribution in [0.25, 0.3) is 22.0 Å². The first-order valence-electron chi connectivity index (χ1n) is 10.5. The Bertz CT molecular complexity index is 1190. The molecule has 8 heteroatoms. The van der Waals surface area contributed by atoms with E-state index in [1.807, 2.05) is 37.4 Å². The Morgan fingerprint density at radius 2 is 2.22 bits per heavy atom. The monoisotopic (exact) mass is 446 g/mol. The van der Waals surface area contributed by atoms with E-state index >= 15 is 0 Å². The van der Waals surface area contributed by atoms with Gasteiger partial charge in [0.25, 0.3) is 0 Å². The summed E-state index contributed by atoms with van der Waals surface area (Å²) in [6.07, 6.45) is 4.43. The SMILES string of the molecule is CN=Cc1c(-c2nc(-c3nccs3)cc(N)c2C#N)cccc1N1CCC(C(C)(C)O)C1. The molecule has 3 heterocycles. The fraction of sp³-hybridized carbons (Fsp3) is 0.333. The van der Waals surface area contributed by atoms with Crippen LogP contribution < -0.4 is 10.6 Å². The number of hydrogen-bond donors (Lipinski definition) is 2. The van der Waals surface area contributed by atoms with Crippen LogP contribution in [0.1, 0.15) is 31.4 Å². The van der Waals surface area contributed by atoms with E-state index in [0.29, 0.717) is 22.6 Å². The molecular weight excluding hydrogens is 420 g/mol. The number of benzene rings is 1. The molecule has 1 atom stereocenters. The van der Waals surface area contributed by atoms with Gasteiger partial charge in [-0.05, 0) is 32.4 Å². The van der Waals surface area contributed by atoms with Gasteiger partial charge in [-0.1, -0.05) is 12.1 Å². The second-order valence-electron chi connectivity index (χ2n) is 8.48. The number of aliphatic imine (C=N–C) groups is 1. The third kappa shape index (κ3) is 4.09. The molecule has 0 saturated carbocycles. The van der Waals surface area contributed by atoms with Gasteiger partial charge in [-0.3, -0.25) is 4.99 Å². The first kappa shape index (κ1) is 21.9. The summed E-state index contributed by atoms with van der Waals surface area (Å²) < 4.78 is 0. The van der Waals surface area contributed by atoms with Crippen LogP contribution in [0.2, 0.25) is 0 Å². The van der Waals surface area contributed by atoms with Crippen molar-refractivity contribution in [3.05, 3.63) is 47.0 Å². The number of hydrogen-bond acceptors (Lipinski definition) is 8. The van der Waals surface area contributed by atoms with Crippen LogP contribution >= 0.6 is 11.3 Å². The van der Waals surface area contributed by atoms with Crippen molar-refractivity contribution in [3.63, 3.8) is 0 Å². The Hall–Kier alpha value is -3.28. The molecule has 1 aliphatic rings. The van der Waals surface area contributed by atoms with Crippen LogP contribution in [0.3, 0.4) is 0 Å². The molecule has 0 aliphatic carbocycles. The third-order valence-electron chi connectivity index (χ3n) is 5.94. The number of pyridine rings is 1. The minimum atomic E-state index is -0.739. The number of nitrogens with two attached hydrogens (primary N) is 1. The number of thiazole rings is 1. The van der Waals surface area contributed by atoms with Crippen molar-refractivity contribution in [3.8, 4) is 28.0 Å². The average Bonchev–Trinajstić information content (AvgIpc) is 3.46. The molecule has 1 saturated heterocycles. The van der Waals surface area contributed by atoms with Gasteiger partial charge in [0.15, 0.2) is 0 Å². The number of nitrogens with zero attached hydrogens (tertiary/aromatic N) is 5. The average molecular weight is 447 g/mol. The molecular formula is C24H26N6OS. The molecule has 3 N–H and O–H groups in total. The zero-order valence-electron chi connectivity index (χ0n) is 18.4. The minimum Gasteiger partial charge on any atom is -0.398 e. The highest BCUT2D eigenvalue weighted by Gasteiger charge is 2.34. The van der Waals surface area contributed by atoms with Crippen molar-refractivity contribution in [2.24, 2.45) is 10.9 Å². The molecule has 3 aromatic rings. The lowest BCUT2D eigenvalue weighted by molar-refractivity contribution is 0.0263. The van der Waals surface area contributed by atoms with Gasteiger partial charge in [0.2, 0.25) is 0 Å². The van der Waals surface area contributed by atoms with Gasteiger partial charge in [-0.2, -0.15) is 5.26 Å². The van der Waals surface area contributed by atoms with Gasteiger partial charge in [-0.25, -0.2) is 9.97 Å². The molecule has 32 heavy (non-hydrogen) atoms. The maximum Gasteiger partial charge on any atom is 0.141 e. The molecule has 1 unspecified atom stereocenters. The van der Waals surface area contributed by atoms with E-state index in [0.717, 1.165) is 41.3 Å². The lowest BCUT2D eigenvalue weighted by Crippen LogP contribution is -2.33. The van der Waals surface area contributed by atoms with Crippen LogP contribution in [0, 0.1) is 17.2 Å². The number of nitrogen functional groups attached to an aromatic ring is 1. The minimum absolute atomic E-state index is 0.175. The summed E-state index contributed by atoms with van der Waals surface area (Å²) in [5.74, 6) is 0.175. The molecule has 4 rings (SSSR count). The van der Waals surface area contributed by atoms with E-state index in [1.54, 1.807) is 25.5 Å². The highest BCUT2D eigenvalue weighted by atomic mass is 32.1. The van der Waals surface area contributed by atoms with Crippen LogP contribution in [0.4, 0.5) is 11.4 Å². The van der Waals surface area contributed by atoms with Crippen molar-refractivity contribution < 1.29 is 5.11 Å². The maximum atomic E-state index is 10.5. The lowest BCUT2D eigenvalue weighted by atomic mass is 9.90. The second kappa shape index (κ2) is 8.69. The van der Waals surface area contributed by atoms with E-state index in [9.17, 15) is 10.4 Å². The smallest absolute Gasteiger partial charge is 0.141 e. The molecule has 1 aromatic carbocycles. The lowest BCUT2D eigenvalue weighted by Gasteiger charge is -2.27. The number of rotatable bonds is 5. The van der Waals surface area contributed by atoms with Crippen LogP contribution in [-0.2, 0) is 0 Å². The number of aromatic nitrogens is 2. The van der Waals surface area contributed by atoms with Crippen molar-refractivity contribution in [2.45, 2.75) is 25.9 Å². The molecule has 1 fully saturated rings. The number of aliphatic hydroxyl groups is 1. The predicted molar refractivity (Wildman–Crippen MR) is 130 cm³/mol. The summed E-state index contributed by atoms with van der Waals surface area (Å²) in [4.78, 5) is 15.7. The number of anilines is 2. The zero-order chi connectivity index (χ0) is 22.9. The Morgan fingerprint density at radius 3 is 2.84 bits per heavy atom. The molecule has 0 spiro atoms. The van der Waals surface area contributed by atoms with Gasteiger partial charge in [-0.15, -0.1) is 11.3 Å². The topological polar surface area (TPSA) is 111 Å². The summed E-state index contributed by atoms with van der Waals surface area (Å²) in [6, 6.07) is 9.88. The first-order chi connectivity index (χ1) is 15.3. The molecule has 0 amide bonds. The molecule has 1 aliphatic heterocycles. The number of nitriles is 1. The first-order valence-corrected chi connectivity index (χ1v) is 11.3. The summed E-state index contributed by atoms with van der Waals surface area (Å²) in [6.45, 7) is 5.31. The van der Waals surface area contributed by atoms with Crippen LogP contribution in [-0.4, -0.2) is 47.0 Å². The third-order valence-corrected chi connectivity index (χ3v) is 6.73. The molecule has 2 aromatic heterocycles. The van der Waals surface area contributed by atoms with Crippen molar-refractivity contribution >= 4 is 28.9 Å². The van der Waals surface area contributed by atoms with E-state index in [4.69, 9.17) is 10.7 Å². The van der Waals surface area contributed by atoms with Gasteiger partial charge >= 0.3 is 0 Å². The highest BCUT2D eigenvalue weighted by molar-refractivity contribution is 7.13. The normalized spacial score (nSPS) is 16.6. The standard InChI is InChI=1S/C24H26N6OS/c1-24(2,31)15-7-9-30(14-15)21-6-4-5-16(18(21)13-27-3)22-17(12-25)19(26)11-20(29-22)23-28-8-10-32-23/h4-6,8,10-11,13,15,31H,7,9,14H2,1-3H3,(H2,26,29). The largest absolute Gasteiger partial charge is 0.398 e. The van der Waals surface area contributed by atoms with Crippen LogP contribution in [0.15, 0.2) is 40.8 Å². The van der Waals surface area contributed by atoms with E-state index in [2.05, 4.69) is 20.9 Å². The van der Waals surface area contributed by atoms with Gasteiger partial charge in [0, 0.05) is 60.7 Å². The molecule has 0 bridgehead atoms. The van der Waals surface area contributed by atoms with Gasteiger partial charge in [0.1, 0.15) is 22.3 Å². The Balaban J connectivity index is 1.87. The van der Waals surface area contributed by atoms with Crippen LogP contribution in [0.5, 0.6) is 0 Å². The molecule has 164 valence electrons. The maximum absolute atomic E-state index is 10.5.